The van der Waals surface area contributed by atoms with Crippen molar-refractivity contribution in [1.82, 2.24) is 0 Å². The normalized spacial score (nSPS) is 11.7. The second-order valence-electron chi connectivity index (χ2n) is 3.15. The second-order valence-corrected chi connectivity index (χ2v) is 3.53. The number of hydrogen-bond acceptors (Lipinski definition) is 3. The Bertz CT molecular complexity index is 387. The molecule has 1 N–H and O–H groups in total. The summed E-state index contributed by atoms with van der Waals surface area (Å²) >= 11 is 5.85. The summed E-state index contributed by atoms with van der Waals surface area (Å²) in [4.78, 5) is 11.3. The number of anilines is 1. The van der Waals surface area contributed by atoms with Gasteiger partial charge in [0.25, 0.3) is 0 Å². The highest BCUT2D eigenvalue weighted by atomic mass is 35.5. The van der Waals surface area contributed by atoms with Gasteiger partial charge in [-0.15, -0.1) is 0 Å². The van der Waals surface area contributed by atoms with Gasteiger partial charge in [-0.1, -0.05) is 29.8 Å². The van der Waals surface area contributed by atoms with Crippen molar-refractivity contribution < 1.29 is 9.53 Å². The second kappa shape index (κ2) is 6.18. The molecule has 0 aromatic heterocycles. The molecule has 0 heterocycles. The Morgan fingerprint density at radius 3 is 2.56 bits per heavy atom. The zero-order chi connectivity index (χ0) is 12.0. The maximum atomic E-state index is 11.3. The molecule has 0 fully saturated rings. The Labute approximate surface area is 100 Å². The molecule has 1 aromatic rings. The standard InChI is InChI=1S/C12H14ClNO2/c1-3-16-12(15)11(13)9(2)14-10-7-5-4-6-8-10/h4-8,14H,3H2,1-2H3/b11-9-. The Morgan fingerprint density at radius 2 is 2.00 bits per heavy atom. The Kier molecular flexibility index (Phi) is 4.86. The Hall–Kier alpha value is -1.48. The largest absolute Gasteiger partial charge is 0.462 e. The number of rotatable bonds is 4. The van der Waals surface area contributed by atoms with Gasteiger partial charge in [-0.05, 0) is 26.0 Å². The number of nitrogens with one attached hydrogen (secondary N) is 1. The van der Waals surface area contributed by atoms with E-state index in [0.717, 1.165) is 5.69 Å². The summed E-state index contributed by atoms with van der Waals surface area (Å²) in [7, 11) is 0. The molecule has 86 valence electrons. The first-order valence-electron chi connectivity index (χ1n) is 5.00. The molecule has 0 saturated carbocycles. The summed E-state index contributed by atoms with van der Waals surface area (Å²) < 4.78 is 4.79. The van der Waals surface area contributed by atoms with Gasteiger partial charge in [0.15, 0.2) is 0 Å². The predicted octanol–water partition coefficient (Wildman–Crippen LogP) is 3.13. The van der Waals surface area contributed by atoms with Crippen LogP contribution in [-0.4, -0.2) is 12.6 Å². The lowest BCUT2D eigenvalue weighted by molar-refractivity contribution is -0.137. The van der Waals surface area contributed by atoms with Crippen LogP contribution in [-0.2, 0) is 9.53 Å². The lowest BCUT2D eigenvalue weighted by Gasteiger charge is -2.08. The van der Waals surface area contributed by atoms with E-state index in [1.165, 1.54) is 0 Å². The quantitative estimate of drug-likeness (QED) is 0.648. The van der Waals surface area contributed by atoms with Gasteiger partial charge in [-0.25, -0.2) is 4.79 Å². The average Bonchev–Trinajstić information content (AvgIpc) is 2.29. The zero-order valence-electron chi connectivity index (χ0n) is 9.29. The fraction of sp³-hybridized carbons (Fsp3) is 0.250. The molecule has 0 amide bonds. The van der Waals surface area contributed by atoms with Gasteiger partial charge in [0, 0.05) is 11.4 Å². The van der Waals surface area contributed by atoms with Crippen LogP contribution in [0.3, 0.4) is 0 Å². The highest BCUT2D eigenvalue weighted by Gasteiger charge is 2.11. The van der Waals surface area contributed by atoms with Gasteiger partial charge in [-0.2, -0.15) is 0 Å². The van der Waals surface area contributed by atoms with Crippen molar-refractivity contribution in [3.63, 3.8) is 0 Å². The molecule has 0 radical (unpaired) electrons. The minimum absolute atomic E-state index is 0.0747. The van der Waals surface area contributed by atoms with Crippen molar-refractivity contribution in [3.8, 4) is 0 Å². The third-order valence-corrected chi connectivity index (χ3v) is 2.33. The van der Waals surface area contributed by atoms with Crippen molar-refractivity contribution in [2.45, 2.75) is 13.8 Å². The molecule has 1 rings (SSSR count). The number of para-hydroxylation sites is 1. The maximum absolute atomic E-state index is 11.3. The van der Waals surface area contributed by atoms with Gasteiger partial charge in [0.1, 0.15) is 5.03 Å². The van der Waals surface area contributed by atoms with Gasteiger partial charge in [-0.3, -0.25) is 0 Å². The van der Waals surface area contributed by atoms with Crippen LogP contribution in [0.4, 0.5) is 5.69 Å². The van der Waals surface area contributed by atoms with E-state index in [4.69, 9.17) is 16.3 Å². The first kappa shape index (κ1) is 12.6. The number of esters is 1. The summed E-state index contributed by atoms with van der Waals surface area (Å²) in [5.41, 5.74) is 1.45. The zero-order valence-corrected chi connectivity index (χ0v) is 10.0. The molecule has 0 saturated heterocycles. The number of hydrogen-bond donors (Lipinski definition) is 1. The predicted molar refractivity (Wildman–Crippen MR) is 65.3 cm³/mol. The minimum atomic E-state index is -0.509. The smallest absolute Gasteiger partial charge is 0.351 e. The summed E-state index contributed by atoms with van der Waals surface area (Å²) in [6, 6.07) is 9.48. The Balaban J connectivity index is 2.73. The van der Waals surface area contributed by atoms with Crippen LogP contribution in [0.1, 0.15) is 13.8 Å². The maximum Gasteiger partial charge on any atom is 0.351 e. The van der Waals surface area contributed by atoms with Crippen LogP contribution >= 0.6 is 11.6 Å². The van der Waals surface area contributed by atoms with Gasteiger partial charge in [0.05, 0.1) is 6.61 Å². The van der Waals surface area contributed by atoms with E-state index in [2.05, 4.69) is 5.32 Å². The molecular formula is C12H14ClNO2. The van der Waals surface area contributed by atoms with E-state index in [1.54, 1.807) is 13.8 Å². The van der Waals surface area contributed by atoms with Crippen LogP contribution < -0.4 is 5.32 Å². The van der Waals surface area contributed by atoms with Gasteiger partial charge in [0.2, 0.25) is 0 Å². The number of allylic oxidation sites excluding steroid dienone is 1. The molecule has 16 heavy (non-hydrogen) atoms. The number of ether oxygens (including phenoxy) is 1. The van der Waals surface area contributed by atoms with E-state index in [1.807, 2.05) is 30.3 Å². The van der Waals surface area contributed by atoms with Crippen LogP contribution in [0.2, 0.25) is 0 Å². The van der Waals surface area contributed by atoms with E-state index < -0.39 is 5.97 Å². The summed E-state index contributed by atoms with van der Waals surface area (Å²) in [5, 5.41) is 3.10. The number of carbonyl (C=O) groups excluding carboxylic acids is 1. The molecule has 3 nitrogen and oxygen atoms in total. The molecule has 0 bridgehead atoms. The molecule has 4 heteroatoms. The van der Waals surface area contributed by atoms with Crippen LogP contribution in [0, 0.1) is 0 Å². The summed E-state index contributed by atoms with van der Waals surface area (Å²) in [6.45, 7) is 3.78. The summed E-state index contributed by atoms with van der Waals surface area (Å²) in [5.74, 6) is -0.509. The van der Waals surface area contributed by atoms with E-state index in [9.17, 15) is 4.79 Å². The first-order chi connectivity index (χ1) is 7.65. The first-order valence-corrected chi connectivity index (χ1v) is 5.38. The van der Waals surface area contributed by atoms with Crippen molar-refractivity contribution in [1.29, 1.82) is 0 Å². The third-order valence-electron chi connectivity index (χ3n) is 1.89. The molecule has 1 aromatic carbocycles. The molecule has 0 aliphatic heterocycles. The van der Waals surface area contributed by atoms with Crippen molar-refractivity contribution in [3.05, 3.63) is 41.1 Å². The Morgan fingerprint density at radius 1 is 1.38 bits per heavy atom. The minimum Gasteiger partial charge on any atom is -0.462 e. The van der Waals surface area contributed by atoms with E-state index in [0.29, 0.717) is 12.3 Å². The van der Waals surface area contributed by atoms with Crippen molar-refractivity contribution in [2.24, 2.45) is 0 Å². The fourth-order valence-corrected chi connectivity index (χ4v) is 1.24. The van der Waals surface area contributed by atoms with Crippen LogP contribution in [0.25, 0.3) is 0 Å². The number of halogens is 1. The molecular weight excluding hydrogens is 226 g/mol. The van der Waals surface area contributed by atoms with E-state index in [-0.39, 0.29) is 5.03 Å². The SMILES string of the molecule is CCOC(=O)/C(Cl)=C(\C)Nc1ccccc1. The fourth-order valence-electron chi connectivity index (χ4n) is 1.14. The lowest BCUT2D eigenvalue weighted by Crippen LogP contribution is -2.08. The van der Waals surface area contributed by atoms with Crippen LogP contribution in [0.5, 0.6) is 0 Å². The van der Waals surface area contributed by atoms with Crippen LogP contribution in [0.15, 0.2) is 41.1 Å². The molecule has 0 aliphatic carbocycles. The highest BCUT2D eigenvalue weighted by Crippen LogP contribution is 2.15. The monoisotopic (exact) mass is 239 g/mol. The van der Waals surface area contributed by atoms with Crippen molar-refractivity contribution >= 4 is 23.3 Å². The lowest BCUT2D eigenvalue weighted by atomic mass is 10.3. The number of carbonyl (C=O) groups is 1. The average molecular weight is 240 g/mol. The highest BCUT2D eigenvalue weighted by molar-refractivity contribution is 6.41. The summed E-state index contributed by atoms with van der Waals surface area (Å²) in [6.07, 6.45) is 0. The molecule has 0 unspecified atom stereocenters. The topological polar surface area (TPSA) is 38.3 Å². The third kappa shape index (κ3) is 3.59. The van der Waals surface area contributed by atoms with Gasteiger partial charge < -0.3 is 10.1 Å². The van der Waals surface area contributed by atoms with E-state index >= 15 is 0 Å². The molecule has 0 spiro atoms. The van der Waals surface area contributed by atoms with Gasteiger partial charge >= 0.3 is 5.97 Å². The van der Waals surface area contributed by atoms with Crippen molar-refractivity contribution in [2.75, 3.05) is 11.9 Å². The number of benzene rings is 1. The molecule has 0 atom stereocenters. The molecule has 0 aliphatic rings.